The molecule has 1 amide bonds. The van der Waals surface area contributed by atoms with Crippen LogP contribution in [-0.2, 0) is 11.2 Å². The molecule has 18 heavy (non-hydrogen) atoms. The fourth-order valence-corrected chi connectivity index (χ4v) is 2.13. The summed E-state index contributed by atoms with van der Waals surface area (Å²) in [5, 5.41) is 6.32. The van der Waals surface area contributed by atoms with Crippen LogP contribution < -0.4 is 15.4 Å². The van der Waals surface area contributed by atoms with E-state index in [0.717, 1.165) is 42.1 Å². The second-order valence-corrected chi connectivity index (χ2v) is 4.84. The lowest BCUT2D eigenvalue weighted by molar-refractivity contribution is -0.118. The molecule has 0 aromatic heterocycles. The third-order valence-electron chi connectivity index (χ3n) is 3.18. The fourth-order valence-electron chi connectivity index (χ4n) is 2.13. The number of rotatable bonds is 3. The quantitative estimate of drug-likeness (QED) is 0.864. The minimum absolute atomic E-state index is 0.0219. The molecule has 2 rings (SSSR count). The molecule has 2 N–H and O–H groups in total. The number of amides is 1. The van der Waals surface area contributed by atoms with Gasteiger partial charge in [0.05, 0.1) is 18.5 Å². The Kier molecular flexibility index (Phi) is 3.75. The molecule has 1 aromatic carbocycles. The molecule has 1 aliphatic heterocycles. The third-order valence-corrected chi connectivity index (χ3v) is 3.18. The Hall–Kier alpha value is -1.71. The van der Waals surface area contributed by atoms with Gasteiger partial charge < -0.3 is 15.4 Å². The van der Waals surface area contributed by atoms with E-state index in [-0.39, 0.29) is 11.8 Å². The predicted octanol–water partition coefficient (Wildman–Crippen LogP) is 2.65. The van der Waals surface area contributed by atoms with Crippen LogP contribution in [0.4, 0.5) is 11.4 Å². The van der Waals surface area contributed by atoms with Crippen LogP contribution in [0.3, 0.4) is 0 Å². The van der Waals surface area contributed by atoms with E-state index in [2.05, 4.69) is 10.6 Å². The minimum atomic E-state index is -0.0219. The number of methoxy groups -OCH3 is 1. The van der Waals surface area contributed by atoms with Crippen molar-refractivity contribution in [1.82, 2.24) is 0 Å². The van der Waals surface area contributed by atoms with E-state index in [9.17, 15) is 4.79 Å². The maximum Gasteiger partial charge on any atom is 0.226 e. The number of carbonyl (C=O) groups excluding carboxylic acids is 1. The van der Waals surface area contributed by atoms with Gasteiger partial charge in [0, 0.05) is 18.0 Å². The highest BCUT2D eigenvalue weighted by atomic mass is 16.5. The molecule has 1 aromatic rings. The SMILES string of the molecule is COc1ccc(NC(=O)C(C)C)c2c1CCCN2. The molecule has 98 valence electrons. The Morgan fingerprint density at radius 1 is 1.44 bits per heavy atom. The molecule has 1 aliphatic rings. The second-order valence-electron chi connectivity index (χ2n) is 4.84. The van der Waals surface area contributed by atoms with Crippen LogP contribution >= 0.6 is 0 Å². The zero-order valence-electron chi connectivity index (χ0n) is 11.2. The van der Waals surface area contributed by atoms with Gasteiger partial charge in [-0.1, -0.05) is 13.8 Å². The average molecular weight is 248 g/mol. The van der Waals surface area contributed by atoms with Crippen LogP contribution in [0.5, 0.6) is 5.75 Å². The molecule has 0 spiro atoms. The standard InChI is InChI=1S/C14H20N2O2/c1-9(2)14(17)16-11-6-7-12(18-3)10-5-4-8-15-13(10)11/h6-7,9,15H,4-5,8H2,1-3H3,(H,16,17). The first kappa shape index (κ1) is 12.7. The molecule has 0 bridgehead atoms. The molecular formula is C14H20N2O2. The van der Waals surface area contributed by atoms with Crippen molar-refractivity contribution >= 4 is 17.3 Å². The molecule has 0 fully saturated rings. The smallest absolute Gasteiger partial charge is 0.226 e. The molecule has 4 nitrogen and oxygen atoms in total. The van der Waals surface area contributed by atoms with Gasteiger partial charge in [-0.15, -0.1) is 0 Å². The normalized spacial score (nSPS) is 13.8. The largest absolute Gasteiger partial charge is 0.496 e. The summed E-state index contributed by atoms with van der Waals surface area (Å²) in [5.41, 5.74) is 3.02. The van der Waals surface area contributed by atoms with Crippen molar-refractivity contribution in [3.05, 3.63) is 17.7 Å². The number of anilines is 2. The van der Waals surface area contributed by atoms with E-state index in [0.29, 0.717) is 0 Å². The highest BCUT2D eigenvalue weighted by Crippen LogP contribution is 2.37. The number of carbonyl (C=O) groups is 1. The van der Waals surface area contributed by atoms with Crippen molar-refractivity contribution in [2.45, 2.75) is 26.7 Å². The van der Waals surface area contributed by atoms with E-state index in [1.54, 1.807) is 7.11 Å². The topological polar surface area (TPSA) is 50.4 Å². The second kappa shape index (κ2) is 5.29. The average Bonchev–Trinajstić information content (AvgIpc) is 2.39. The van der Waals surface area contributed by atoms with Gasteiger partial charge in [-0.25, -0.2) is 0 Å². The molecule has 0 radical (unpaired) electrons. The third kappa shape index (κ3) is 2.42. The summed E-state index contributed by atoms with van der Waals surface area (Å²) < 4.78 is 5.37. The zero-order chi connectivity index (χ0) is 13.1. The van der Waals surface area contributed by atoms with Gasteiger partial charge in [-0.2, -0.15) is 0 Å². The number of nitrogens with one attached hydrogen (secondary N) is 2. The van der Waals surface area contributed by atoms with E-state index < -0.39 is 0 Å². The van der Waals surface area contributed by atoms with Crippen molar-refractivity contribution in [1.29, 1.82) is 0 Å². The summed E-state index contributed by atoms with van der Waals surface area (Å²) in [7, 11) is 1.68. The van der Waals surface area contributed by atoms with Crippen molar-refractivity contribution in [2.75, 3.05) is 24.3 Å². The Morgan fingerprint density at radius 2 is 2.22 bits per heavy atom. The van der Waals surface area contributed by atoms with Crippen LogP contribution in [0.15, 0.2) is 12.1 Å². The van der Waals surface area contributed by atoms with Crippen molar-refractivity contribution in [2.24, 2.45) is 5.92 Å². The Morgan fingerprint density at radius 3 is 2.89 bits per heavy atom. The molecule has 0 aliphatic carbocycles. The molecular weight excluding hydrogens is 228 g/mol. The number of fused-ring (bicyclic) bond motifs is 1. The Bertz CT molecular complexity index is 455. The van der Waals surface area contributed by atoms with Crippen molar-refractivity contribution in [3.63, 3.8) is 0 Å². The first-order valence-corrected chi connectivity index (χ1v) is 6.38. The van der Waals surface area contributed by atoms with E-state index in [1.165, 1.54) is 0 Å². The van der Waals surface area contributed by atoms with Gasteiger partial charge in [-0.3, -0.25) is 4.79 Å². The van der Waals surface area contributed by atoms with Gasteiger partial charge in [0.25, 0.3) is 0 Å². The predicted molar refractivity (Wildman–Crippen MR) is 73.3 cm³/mol. The summed E-state index contributed by atoms with van der Waals surface area (Å²) in [4.78, 5) is 11.8. The number of hydrogen-bond donors (Lipinski definition) is 2. The van der Waals surface area contributed by atoms with Gasteiger partial charge in [-0.05, 0) is 25.0 Å². The Balaban J connectivity index is 2.34. The first-order chi connectivity index (χ1) is 8.63. The number of benzene rings is 1. The lowest BCUT2D eigenvalue weighted by Crippen LogP contribution is -2.21. The Labute approximate surface area is 108 Å². The number of ether oxygens (including phenoxy) is 1. The van der Waals surface area contributed by atoms with E-state index in [1.807, 2.05) is 26.0 Å². The maximum absolute atomic E-state index is 11.8. The van der Waals surface area contributed by atoms with E-state index >= 15 is 0 Å². The molecule has 1 heterocycles. The molecule has 0 saturated carbocycles. The lowest BCUT2D eigenvalue weighted by atomic mass is 10.0. The van der Waals surface area contributed by atoms with Gasteiger partial charge in [0.1, 0.15) is 5.75 Å². The summed E-state index contributed by atoms with van der Waals surface area (Å²) in [6, 6.07) is 3.82. The van der Waals surface area contributed by atoms with Crippen molar-refractivity contribution < 1.29 is 9.53 Å². The highest BCUT2D eigenvalue weighted by molar-refractivity contribution is 5.96. The lowest BCUT2D eigenvalue weighted by Gasteiger charge is -2.24. The summed E-state index contributed by atoms with van der Waals surface area (Å²) in [5.74, 6) is 0.904. The van der Waals surface area contributed by atoms with Crippen LogP contribution in [0.25, 0.3) is 0 Å². The van der Waals surface area contributed by atoms with Crippen LogP contribution in [-0.4, -0.2) is 19.6 Å². The van der Waals surface area contributed by atoms with E-state index in [4.69, 9.17) is 4.74 Å². The maximum atomic E-state index is 11.8. The first-order valence-electron chi connectivity index (χ1n) is 6.38. The summed E-state index contributed by atoms with van der Waals surface area (Å²) in [6.07, 6.45) is 2.07. The molecule has 0 saturated heterocycles. The van der Waals surface area contributed by atoms with Gasteiger partial charge >= 0.3 is 0 Å². The highest BCUT2D eigenvalue weighted by Gasteiger charge is 2.19. The fraction of sp³-hybridized carbons (Fsp3) is 0.500. The minimum Gasteiger partial charge on any atom is -0.496 e. The van der Waals surface area contributed by atoms with Gasteiger partial charge in [0.15, 0.2) is 0 Å². The molecule has 4 heteroatoms. The molecule has 0 unspecified atom stereocenters. The van der Waals surface area contributed by atoms with Crippen molar-refractivity contribution in [3.8, 4) is 5.75 Å². The molecule has 0 atom stereocenters. The van der Waals surface area contributed by atoms with Crippen LogP contribution in [0, 0.1) is 5.92 Å². The zero-order valence-corrected chi connectivity index (χ0v) is 11.2. The van der Waals surface area contributed by atoms with Crippen LogP contribution in [0.2, 0.25) is 0 Å². The van der Waals surface area contributed by atoms with Gasteiger partial charge in [0.2, 0.25) is 5.91 Å². The summed E-state index contributed by atoms with van der Waals surface area (Å²) >= 11 is 0. The summed E-state index contributed by atoms with van der Waals surface area (Å²) in [6.45, 7) is 4.71. The number of hydrogen-bond acceptors (Lipinski definition) is 3. The monoisotopic (exact) mass is 248 g/mol. The van der Waals surface area contributed by atoms with Crippen LogP contribution in [0.1, 0.15) is 25.8 Å².